The van der Waals surface area contributed by atoms with Crippen molar-refractivity contribution in [3.8, 4) is 0 Å². The van der Waals surface area contributed by atoms with E-state index in [-0.39, 0.29) is 34.1 Å². The first-order valence-electron chi connectivity index (χ1n) is 9.74. The fourth-order valence-electron chi connectivity index (χ4n) is 3.69. The quantitative estimate of drug-likeness (QED) is 0.743. The number of anilines is 1. The Morgan fingerprint density at radius 2 is 1.97 bits per heavy atom. The van der Waals surface area contributed by atoms with Crippen molar-refractivity contribution >= 4 is 39.2 Å². The summed E-state index contributed by atoms with van der Waals surface area (Å²) >= 11 is 5.92. The van der Waals surface area contributed by atoms with Crippen LogP contribution in [-0.4, -0.2) is 35.7 Å². The Balaban J connectivity index is 1.49. The predicted molar refractivity (Wildman–Crippen MR) is 112 cm³/mol. The van der Waals surface area contributed by atoms with Gasteiger partial charge in [0.1, 0.15) is 4.90 Å². The number of rotatable bonds is 4. The first kappa shape index (κ1) is 20.6. The van der Waals surface area contributed by atoms with Gasteiger partial charge in [-0.05, 0) is 43.2 Å². The Kier molecular flexibility index (Phi) is 5.66. The number of carbonyl (C=O) groups excluding carboxylic acids is 2. The van der Waals surface area contributed by atoms with Gasteiger partial charge in [-0.3, -0.25) is 9.78 Å². The molecule has 158 valence electrons. The van der Waals surface area contributed by atoms with Crippen LogP contribution in [0.1, 0.15) is 48.2 Å². The zero-order valence-electron chi connectivity index (χ0n) is 16.1. The fraction of sp³-hybridized carbons (Fsp3) is 0.350. The Hall–Kier alpha value is -2.65. The normalized spacial score (nSPS) is 18.4. The number of hydrogen-bond donors (Lipinski definition) is 2. The van der Waals surface area contributed by atoms with Crippen LogP contribution in [0.5, 0.6) is 0 Å². The lowest BCUT2D eigenvalue weighted by Gasteiger charge is -2.28. The molecule has 0 atom stereocenters. The maximum Gasteiger partial charge on any atom is 0.336 e. The smallest absolute Gasteiger partial charge is 0.336 e. The van der Waals surface area contributed by atoms with E-state index in [2.05, 4.69) is 15.6 Å². The van der Waals surface area contributed by atoms with E-state index in [1.165, 1.54) is 30.8 Å². The van der Waals surface area contributed by atoms with Gasteiger partial charge < -0.3 is 10.6 Å². The second-order valence-corrected chi connectivity index (χ2v) is 9.70. The summed E-state index contributed by atoms with van der Waals surface area (Å²) in [4.78, 5) is 28.9. The summed E-state index contributed by atoms with van der Waals surface area (Å²) in [5.41, 5.74) is 0.921. The molecule has 1 aliphatic carbocycles. The number of halogens is 1. The molecule has 10 heteroatoms. The number of benzene rings is 1. The van der Waals surface area contributed by atoms with Crippen molar-refractivity contribution in [3.05, 3.63) is 52.8 Å². The van der Waals surface area contributed by atoms with Gasteiger partial charge in [-0.2, -0.15) is 0 Å². The maximum absolute atomic E-state index is 12.9. The predicted octanol–water partition coefficient (Wildman–Crippen LogP) is 3.53. The van der Waals surface area contributed by atoms with Crippen molar-refractivity contribution < 1.29 is 18.0 Å². The van der Waals surface area contributed by atoms with Crippen molar-refractivity contribution in [2.24, 2.45) is 0 Å². The lowest BCUT2D eigenvalue weighted by molar-refractivity contribution is 0.0927. The summed E-state index contributed by atoms with van der Waals surface area (Å²) in [7, 11) is -4.08. The number of aromatic nitrogens is 1. The molecule has 0 saturated heterocycles. The van der Waals surface area contributed by atoms with Gasteiger partial charge in [-0.25, -0.2) is 17.5 Å². The highest BCUT2D eigenvalue weighted by Crippen LogP contribution is 2.33. The first-order valence-corrected chi connectivity index (χ1v) is 11.6. The number of nitrogens with one attached hydrogen (secondary N) is 2. The Morgan fingerprint density at radius 1 is 1.20 bits per heavy atom. The van der Waals surface area contributed by atoms with Gasteiger partial charge in [0, 0.05) is 17.3 Å². The average Bonchev–Trinajstić information content (AvgIpc) is 2.73. The lowest BCUT2D eigenvalue weighted by Crippen LogP contribution is -2.43. The molecule has 1 fully saturated rings. The number of carbonyl (C=O) groups is 2. The minimum absolute atomic E-state index is 0.0712. The Morgan fingerprint density at radius 3 is 2.67 bits per heavy atom. The van der Waals surface area contributed by atoms with Gasteiger partial charge >= 0.3 is 6.03 Å². The van der Waals surface area contributed by atoms with E-state index in [0.29, 0.717) is 15.6 Å². The molecular weight excluding hydrogens is 428 g/mol. The van der Waals surface area contributed by atoms with Crippen LogP contribution in [0.4, 0.5) is 10.5 Å². The van der Waals surface area contributed by atoms with E-state index >= 15 is 0 Å². The number of urea groups is 1. The molecule has 30 heavy (non-hydrogen) atoms. The SMILES string of the molecule is O=C(NC1CCCCC1)c1ccc(CN2C(=O)Nc3ccc(Cl)cc3S2(=O)=O)nc1. The van der Waals surface area contributed by atoms with Crippen LogP contribution < -0.4 is 10.6 Å². The van der Waals surface area contributed by atoms with E-state index < -0.39 is 16.1 Å². The monoisotopic (exact) mass is 448 g/mol. The van der Waals surface area contributed by atoms with Crippen molar-refractivity contribution in [1.29, 1.82) is 0 Å². The van der Waals surface area contributed by atoms with Crippen LogP contribution in [0, 0.1) is 0 Å². The third-order valence-corrected chi connectivity index (χ3v) is 7.32. The second-order valence-electron chi connectivity index (χ2n) is 7.43. The molecular formula is C20H21ClN4O4S. The van der Waals surface area contributed by atoms with Gasteiger partial charge in [0.25, 0.3) is 15.9 Å². The summed E-state index contributed by atoms with van der Waals surface area (Å²) < 4.78 is 26.5. The second kappa shape index (κ2) is 8.23. The molecule has 4 rings (SSSR count). The molecule has 1 aliphatic heterocycles. The van der Waals surface area contributed by atoms with E-state index in [0.717, 1.165) is 25.7 Å². The molecule has 8 nitrogen and oxygen atoms in total. The van der Waals surface area contributed by atoms with Crippen LogP contribution in [0.15, 0.2) is 41.4 Å². The Labute approximate surface area is 179 Å². The van der Waals surface area contributed by atoms with E-state index in [9.17, 15) is 18.0 Å². The lowest BCUT2D eigenvalue weighted by atomic mass is 9.95. The molecule has 3 amide bonds. The van der Waals surface area contributed by atoms with Crippen molar-refractivity contribution in [3.63, 3.8) is 0 Å². The van der Waals surface area contributed by atoms with Gasteiger partial charge in [0.15, 0.2) is 0 Å². The number of pyridine rings is 1. The van der Waals surface area contributed by atoms with E-state index in [1.54, 1.807) is 12.1 Å². The van der Waals surface area contributed by atoms with Crippen molar-refractivity contribution in [2.45, 2.75) is 49.6 Å². The highest BCUT2D eigenvalue weighted by atomic mass is 35.5. The number of nitrogens with zero attached hydrogens (tertiary/aromatic N) is 2. The van der Waals surface area contributed by atoms with E-state index in [1.807, 2.05) is 0 Å². The summed E-state index contributed by atoms with van der Waals surface area (Å²) in [5, 5.41) is 5.81. The van der Waals surface area contributed by atoms with Crippen LogP contribution in [0.25, 0.3) is 0 Å². The third-order valence-electron chi connectivity index (χ3n) is 5.31. The van der Waals surface area contributed by atoms with Crippen molar-refractivity contribution in [2.75, 3.05) is 5.32 Å². The number of sulfonamides is 1. The Bertz CT molecular complexity index is 1080. The van der Waals surface area contributed by atoms with Crippen LogP contribution in [0.3, 0.4) is 0 Å². The molecule has 0 unspecified atom stereocenters. The largest absolute Gasteiger partial charge is 0.349 e. The van der Waals surface area contributed by atoms with Gasteiger partial charge in [0.2, 0.25) is 0 Å². The summed E-state index contributed by atoms with van der Waals surface area (Å²) in [5.74, 6) is -0.201. The van der Waals surface area contributed by atoms with E-state index in [4.69, 9.17) is 11.6 Å². The van der Waals surface area contributed by atoms with Crippen LogP contribution in [-0.2, 0) is 16.6 Å². The topological polar surface area (TPSA) is 108 Å². The molecule has 0 radical (unpaired) electrons. The molecule has 2 heterocycles. The average molecular weight is 449 g/mol. The fourth-order valence-corrected chi connectivity index (χ4v) is 5.40. The third kappa shape index (κ3) is 4.13. The molecule has 0 bridgehead atoms. The van der Waals surface area contributed by atoms with Gasteiger partial charge in [-0.1, -0.05) is 30.9 Å². The zero-order chi connectivity index (χ0) is 21.3. The van der Waals surface area contributed by atoms with Crippen molar-refractivity contribution in [1.82, 2.24) is 14.6 Å². The number of hydrogen-bond acceptors (Lipinski definition) is 5. The molecule has 0 spiro atoms. The number of amides is 3. The standard InChI is InChI=1S/C20H21ClN4O4S/c21-14-7-9-17-18(10-14)30(28,29)25(20(27)24-17)12-16-8-6-13(11-22-16)19(26)23-15-4-2-1-3-5-15/h6-11,15H,1-5,12H2,(H,23,26)(H,24,27). The first-order chi connectivity index (χ1) is 14.3. The van der Waals surface area contributed by atoms with Crippen LogP contribution >= 0.6 is 11.6 Å². The highest BCUT2D eigenvalue weighted by Gasteiger charge is 2.37. The summed E-state index contributed by atoms with van der Waals surface area (Å²) in [6, 6.07) is 6.79. The maximum atomic E-state index is 12.9. The van der Waals surface area contributed by atoms with Crippen LogP contribution in [0.2, 0.25) is 5.02 Å². The minimum atomic E-state index is -4.08. The summed E-state index contributed by atoms with van der Waals surface area (Å²) in [6.45, 7) is -0.259. The molecule has 2 N–H and O–H groups in total. The molecule has 2 aromatic rings. The van der Waals surface area contributed by atoms with Gasteiger partial charge in [-0.15, -0.1) is 0 Å². The number of fused-ring (bicyclic) bond motifs is 1. The van der Waals surface area contributed by atoms with Gasteiger partial charge in [0.05, 0.1) is 23.5 Å². The molecule has 1 aromatic carbocycles. The minimum Gasteiger partial charge on any atom is -0.349 e. The molecule has 2 aliphatic rings. The summed E-state index contributed by atoms with van der Waals surface area (Å²) in [6.07, 6.45) is 6.78. The highest BCUT2D eigenvalue weighted by molar-refractivity contribution is 7.90. The zero-order valence-corrected chi connectivity index (χ0v) is 17.7. The molecule has 1 saturated carbocycles. The molecule has 1 aromatic heterocycles.